The van der Waals surface area contributed by atoms with E-state index >= 15 is 0 Å². The summed E-state index contributed by atoms with van der Waals surface area (Å²) in [5, 5.41) is 2.96. The molecule has 4 heteroatoms. The van der Waals surface area contributed by atoms with Gasteiger partial charge in [0.2, 0.25) is 0 Å². The third-order valence-electron chi connectivity index (χ3n) is 2.87. The van der Waals surface area contributed by atoms with Crippen molar-refractivity contribution >= 4 is 27.5 Å². The molecule has 0 saturated carbocycles. The number of anilines is 1. The summed E-state index contributed by atoms with van der Waals surface area (Å²) in [4.78, 5) is 12.1. The van der Waals surface area contributed by atoms with Crippen LogP contribution in [0.1, 0.15) is 28.9 Å². The fourth-order valence-electron chi connectivity index (χ4n) is 1.86. The van der Waals surface area contributed by atoms with Crippen LogP contribution in [0.25, 0.3) is 0 Å². The zero-order valence-corrected chi connectivity index (χ0v) is 12.1. The summed E-state index contributed by atoms with van der Waals surface area (Å²) in [6.45, 7) is 1.95. The molecule has 3 N–H and O–H groups in total. The number of nitrogen functional groups attached to an aromatic ring is 1. The average molecular weight is 319 g/mol. The summed E-state index contributed by atoms with van der Waals surface area (Å²) in [5.41, 5.74) is 7.87. The molecule has 98 valence electrons. The predicted octanol–water partition coefficient (Wildman–Crippen LogP) is 3.52. The van der Waals surface area contributed by atoms with Crippen LogP contribution in [0.3, 0.4) is 0 Å². The zero-order valence-electron chi connectivity index (χ0n) is 10.6. The van der Waals surface area contributed by atoms with Gasteiger partial charge in [0.1, 0.15) is 0 Å². The third kappa shape index (κ3) is 3.35. The Balaban J connectivity index is 2.13. The molecule has 1 amide bonds. The molecule has 0 aliphatic rings. The highest BCUT2D eigenvalue weighted by Gasteiger charge is 2.13. The monoisotopic (exact) mass is 318 g/mol. The Morgan fingerprint density at radius 3 is 2.63 bits per heavy atom. The summed E-state index contributed by atoms with van der Waals surface area (Å²) >= 11 is 3.48. The molecule has 3 nitrogen and oxygen atoms in total. The van der Waals surface area contributed by atoms with Gasteiger partial charge in [-0.2, -0.15) is 0 Å². The quantitative estimate of drug-likeness (QED) is 0.851. The lowest BCUT2D eigenvalue weighted by atomic mass is 10.1. The molecule has 0 bridgehead atoms. The Labute approximate surface area is 121 Å². The van der Waals surface area contributed by atoms with Crippen molar-refractivity contribution in [3.05, 3.63) is 64.1 Å². The number of hydrogen-bond donors (Lipinski definition) is 2. The minimum absolute atomic E-state index is 0.0792. The molecule has 19 heavy (non-hydrogen) atoms. The minimum atomic E-state index is -0.129. The molecule has 2 aromatic rings. The summed E-state index contributed by atoms with van der Waals surface area (Å²) in [7, 11) is 0. The van der Waals surface area contributed by atoms with Crippen molar-refractivity contribution in [2.24, 2.45) is 0 Å². The second kappa shape index (κ2) is 5.89. The van der Waals surface area contributed by atoms with Gasteiger partial charge in [0, 0.05) is 15.7 Å². The Kier molecular flexibility index (Phi) is 4.22. The molecular weight excluding hydrogens is 304 g/mol. The SMILES string of the molecule is C[C@H](NC(=O)c1cccc(N)c1)c1ccccc1Br. The van der Waals surface area contributed by atoms with Crippen LogP contribution in [-0.2, 0) is 0 Å². The largest absolute Gasteiger partial charge is 0.399 e. The smallest absolute Gasteiger partial charge is 0.251 e. The topological polar surface area (TPSA) is 55.1 Å². The van der Waals surface area contributed by atoms with Gasteiger partial charge in [-0.25, -0.2) is 0 Å². The first-order valence-electron chi connectivity index (χ1n) is 5.99. The number of nitrogens with two attached hydrogens (primary N) is 1. The molecule has 0 fully saturated rings. The lowest BCUT2D eigenvalue weighted by molar-refractivity contribution is 0.0940. The summed E-state index contributed by atoms with van der Waals surface area (Å²) in [6, 6.07) is 14.7. The summed E-state index contributed by atoms with van der Waals surface area (Å²) < 4.78 is 0.982. The summed E-state index contributed by atoms with van der Waals surface area (Å²) in [5.74, 6) is -0.129. The van der Waals surface area contributed by atoms with Crippen LogP contribution in [0.15, 0.2) is 53.0 Å². The molecule has 2 aromatic carbocycles. The average Bonchev–Trinajstić information content (AvgIpc) is 2.39. The van der Waals surface area contributed by atoms with Gasteiger partial charge >= 0.3 is 0 Å². The number of rotatable bonds is 3. The van der Waals surface area contributed by atoms with Crippen molar-refractivity contribution in [1.29, 1.82) is 0 Å². The Bertz CT molecular complexity index is 598. The number of benzene rings is 2. The van der Waals surface area contributed by atoms with Crippen molar-refractivity contribution in [1.82, 2.24) is 5.32 Å². The van der Waals surface area contributed by atoms with E-state index in [2.05, 4.69) is 21.2 Å². The van der Waals surface area contributed by atoms with Crippen molar-refractivity contribution in [3.8, 4) is 0 Å². The highest BCUT2D eigenvalue weighted by atomic mass is 79.9. The molecule has 0 unspecified atom stereocenters. The van der Waals surface area contributed by atoms with Crippen LogP contribution in [0.4, 0.5) is 5.69 Å². The Morgan fingerprint density at radius 1 is 1.21 bits per heavy atom. The fourth-order valence-corrected chi connectivity index (χ4v) is 2.49. The number of carbonyl (C=O) groups is 1. The van der Waals surface area contributed by atoms with E-state index in [9.17, 15) is 4.79 Å². The lowest BCUT2D eigenvalue weighted by Crippen LogP contribution is -2.26. The minimum Gasteiger partial charge on any atom is -0.399 e. The van der Waals surface area contributed by atoms with Crippen molar-refractivity contribution < 1.29 is 4.79 Å². The predicted molar refractivity (Wildman–Crippen MR) is 80.9 cm³/mol. The molecule has 0 aliphatic heterocycles. The maximum Gasteiger partial charge on any atom is 0.251 e. The van der Waals surface area contributed by atoms with Crippen molar-refractivity contribution in [3.63, 3.8) is 0 Å². The van der Waals surface area contributed by atoms with Crippen LogP contribution in [0, 0.1) is 0 Å². The van der Waals surface area contributed by atoms with E-state index in [0.29, 0.717) is 11.3 Å². The number of nitrogens with one attached hydrogen (secondary N) is 1. The van der Waals surface area contributed by atoms with Crippen LogP contribution >= 0.6 is 15.9 Å². The molecule has 0 saturated heterocycles. The van der Waals surface area contributed by atoms with Crippen LogP contribution in [-0.4, -0.2) is 5.91 Å². The van der Waals surface area contributed by atoms with Gasteiger partial charge in [0.25, 0.3) is 5.91 Å². The molecule has 2 rings (SSSR count). The van der Waals surface area contributed by atoms with E-state index < -0.39 is 0 Å². The van der Waals surface area contributed by atoms with Gasteiger partial charge in [-0.05, 0) is 36.8 Å². The highest BCUT2D eigenvalue weighted by molar-refractivity contribution is 9.10. The third-order valence-corrected chi connectivity index (χ3v) is 3.59. The maximum atomic E-state index is 12.1. The van der Waals surface area contributed by atoms with Crippen LogP contribution in [0.5, 0.6) is 0 Å². The molecule has 0 aliphatic carbocycles. The van der Waals surface area contributed by atoms with Gasteiger partial charge in [-0.3, -0.25) is 4.79 Å². The van der Waals surface area contributed by atoms with E-state index in [4.69, 9.17) is 5.73 Å². The number of halogens is 1. The van der Waals surface area contributed by atoms with E-state index in [1.165, 1.54) is 0 Å². The van der Waals surface area contributed by atoms with Crippen molar-refractivity contribution in [2.75, 3.05) is 5.73 Å². The molecular formula is C15H15BrN2O. The van der Waals surface area contributed by atoms with Gasteiger partial charge in [-0.1, -0.05) is 40.2 Å². The number of hydrogen-bond acceptors (Lipinski definition) is 2. The van der Waals surface area contributed by atoms with Gasteiger partial charge in [-0.15, -0.1) is 0 Å². The first-order valence-corrected chi connectivity index (χ1v) is 6.78. The van der Waals surface area contributed by atoms with Crippen LogP contribution < -0.4 is 11.1 Å². The van der Waals surface area contributed by atoms with Gasteiger partial charge in [0.15, 0.2) is 0 Å². The standard InChI is InChI=1S/C15H15BrN2O/c1-10(13-7-2-3-8-14(13)16)18-15(19)11-5-4-6-12(17)9-11/h2-10H,17H2,1H3,(H,18,19)/t10-/m0/s1. The molecule has 0 spiro atoms. The fraction of sp³-hybridized carbons (Fsp3) is 0.133. The van der Waals surface area contributed by atoms with E-state index in [1.54, 1.807) is 24.3 Å². The normalized spacial score (nSPS) is 11.9. The Hall–Kier alpha value is -1.81. The van der Waals surface area contributed by atoms with E-state index in [0.717, 1.165) is 10.0 Å². The second-order valence-electron chi connectivity index (χ2n) is 4.34. The number of carbonyl (C=O) groups excluding carboxylic acids is 1. The van der Waals surface area contributed by atoms with Crippen LogP contribution in [0.2, 0.25) is 0 Å². The molecule has 0 heterocycles. The van der Waals surface area contributed by atoms with Crippen molar-refractivity contribution in [2.45, 2.75) is 13.0 Å². The lowest BCUT2D eigenvalue weighted by Gasteiger charge is -2.16. The first kappa shape index (κ1) is 13.6. The second-order valence-corrected chi connectivity index (χ2v) is 5.20. The molecule has 0 aromatic heterocycles. The number of amides is 1. The molecule has 0 radical (unpaired) electrons. The zero-order chi connectivity index (χ0) is 13.8. The van der Waals surface area contributed by atoms with E-state index in [1.807, 2.05) is 31.2 Å². The maximum absolute atomic E-state index is 12.1. The van der Waals surface area contributed by atoms with Gasteiger partial charge in [0.05, 0.1) is 6.04 Å². The summed E-state index contributed by atoms with van der Waals surface area (Å²) in [6.07, 6.45) is 0. The van der Waals surface area contributed by atoms with E-state index in [-0.39, 0.29) is 11.9 Å². The first-order chi connectivity index (χ1) is 9.08. The highest BCUT2D eigenvalue weighted by Crippen LogP contribution is 2.23. The van der Waals surface area contributed by atoms with Gasteiger partial charge < -0.3 is 11.1 Å². The molecule has 1 atom stereocenters. The Morgan fingerprint density at radius 2 is 1.95 bits per heavy atom.